The molecule has 1 aromatic heterocycles. The molecule has 3 nitrogen and oxygen atoms in total. The Balaban J connectivity index is 2.25. The Morgan fingerprint density at radius 3 is 2.47 bits per heavy atom. The van der Waals surface area contributed by atoms with Gasteiger partial charge in [0.05, 0.1) is 23.0 Å². The maximum absolute atomic E-state index is 6.19. The van der Waals surface area contributed by atoms with Crippen LogP contribution in [0.1, 0.15) is 22.5 Å². The van der Waals surface area contributed by atoms with Crippen molar-refractivity contribution in [3.05, 3.63) is 51.8 Å². The third kappa shape index (κ3) is 3.17. The minimum absolute atomic E-state index is 0.771. The van der Waals surface area contributed by atoms with E-state index in [2.05, 4.69) is 34.7 Å². The molecule has 2 aromatic rings. The van der Waals surface area contributed by atoms with E-state index in [1.54, 1.807) is 0 Å². The van der Waals surface area contributed by atoms with Crippen LogP contribution in [0.4, 0.5) is 0 Å². The molecule has 0 aliphatic rings. The third-order valence-corrected chi connectivity index (χ3v) is 3.92. The van der Waals surface area contributed by atoms with E-state index < -0.39 is 0 Å². The molecule has 0 radical (unpaired) electrons. The number of rotatable bonds is 5. The predicted octanol–water partition coefficient (Wildman–Crippen LogP) is 2.96. The number of nitrogens with zero attached hydrogens (tertiary/aromatic N) is 2. The lowest BCUT2D eigenvalue weighted by Gasteiger charge is -2.10. The van der Waals surface area contributed by atoms with Crippen molar-refractivity contribution in [3.63, 3.8) is 0 Å². The van der Waals surface area contributed by atoms with E-state index in [1.165, 1.54) is 11.1 Å². The number of aromatic nitrogens is 2. The molecule has 2 rings (SSSR count). The molecule has 0 unspecified atom stereocenters. The molecular weight excluding hydrogens is 258 g/mol. The van der Waals surface area contributed by atoms with Crippen LogP contribution in [0.5, 0.6) is 0 Å². The average Bonchev–Trinajstić information content (AvgIpc) is 2.65. The third-order valence-electron chi connectivity index (χ3n) is 3.38. The molecule has 0 fully saturated rings. The van der Waals surface area contributed by atoms with E-state index in [0.717, 1.165) is 35.9 Å². The van der Waals surface area contributed by atoms with Gasteiger partial charge in [-0.25, -0.2) is 0 Å². The summed E-state index contributed by atoms with van der Waals surface area (Å²) in [5.41, 5.74) is 4.59. The second kappa shape index (κ2) is 6.22. The van der Waals surface area contributed by atoms with Crippen LogP contribution < -0.4 is 5.32 Å². The summed E-state index contributed by atoms with van der Waals surface area (Å²) in [7, 11) is 1.98. The maximum atomic E-state index is 6.19. The van der Waals surface area contributed by atoms with Gasteiger partial charge in [-0.1, -0.05) is 35.9 Å². The highest BCUT2D eigenvalue weighted by Gasteiger charge is 2.10. The van der Waals surface area contributed by atoms with E-state index in [4.69, 9.17) is 11.6 Å². The van der Waals surface area contributed by atoms with Crippen LogP contribution in [0.2, 0.25) is 5.02 Å². The van der Waals surface area contributed by atoms with E-state index in [9.17, 15) is 0 Å². The molecule has 102 valence electrons. The highest BCUT2D eigenvalue weighted by Crippen LogP contribution is 2.20. The molecular formula is C15H20ClN3. The van der Waals surface area contributed by atoms with Gasteiger partial charge in [-0.3, -0.25) is 4.68 Å². The summed E-state index contributed by atoms with van der Waals surface area (Å²) in [5, 5.41) is 8.45. The molecule has 1 heterocycles. The van der Waals surface area contributed by atoms with Crippen molar-refractivity contribution < 1.29 is 0 Å². The Kier molecular flexibility index (Phi) is 4.61. The van der Waals surface area contributed by atoms with Crippen LogP contribution in [-0.4, -0.2) is 23.4 Å². The molecule has 0 spiro atoms. The highest BCUT2D eigenvalue weighted by molar-refractivity contribution is 6.31. The largest absolute Gasteiger partial charge is 0.319 e. The van der Waals surface area contributed by atoms with Gasteiger partial charge in [0.1, 0.15) is 0 Å². The predicted molar refractivity (Wildman–Crippen MR) is 79.9 cm³/mol. The quantitative estimate of drug-likeness (QED) is 0.911. The van der Waals surface area contributed by atoms with Crippen molar-refractivity contribution in [3.8, 4) is 0 Å². The Labute approximate surface area is 119 Å². The van der Waals surface area contributed by atoms with Crippen LogP contribution in [0.15, 0.2) is 24.3 Å². The first kappa shape index (κ1) is 14.1. The zero-order valence-corrected chi connectivity index (χ0v) is 12.5. The molecule has 0 saturated heterocycles. The summed E-state index contributed by atoms with van der Waals surface area (Å²) in [6.07, 6.45) is 1.03. The first-order valence-electron chi connectivity index (χ1n) is 6.54. The van der Waals surface area contributed by atoms with Crippen molar-refractivity contribution in [2.45, 2.75) is 26.8 Å². The Hall–Kier alpha value is -1.32. The van der Waals surface area contributed by atoms with Crippen LogP contribution in [0.3, 0.4) is 0 Å². The number of hydrogen-bond acceptors (Lipinski definition) is 2. The van der Waals surface area contributed by atoms with E-state index in [0.29, 0.717) is 0 Å². The van der Waals surface area contributed by atoms with Gasteiger partial charge in [-0.05, 0) is 45.0 Å². The summed E-state index contributed by atoms with van der Waals surface area (Å²) < 4.78 is 1.98. The Bertz CT molecular complexity index is 561. The number of aryl methyl sites for hydroxylation is 1. The van der Waals surface area contributed by atoms with Crippen molar-refractivity contribution in [2.24, 2.45) is 0 Å². The molecule has 0 atom stereocenters. The van der Waals surface area contributed by atoms with Crippen molar-refractivity contribution in [1.29, 1.82) is 0 Å². The van der Waals surface area contributed by atoms with Gasteiger partial charge in [0, 0.05) is 0 Å². The van der Waals surface area contributed by atoms with E-state index in [-0.39, 0.29) is 0 Å². The summed E-state index contributed by atoms with van der Waals surface area (Å²) >= 11 is 6.19. The molecule has 19 heavy (non-hydrogen) atoms. The summed E-state index contributed by atoms with van der Waals surface area (Å²) in [6.45, 7) is 5.71. The van der Waals surface area contributed by atoms with Gasteiger partial charge >= 0.3 is 0 Å². The number of nitrogens with one attached hydrogen (secondary N) is 1. The zero-order chi connectivity index (χ0) is 13.8. The Morgan fingerprint density at radius 1 is 1.21 bits per heavy atom. The minimum atomic E-state index is 0.771. The first-order chi connectivity index (χ1) is 9.13. The lowest BCUT2D eigenvalue weighted by Crippen LogP contribution is -2.13. The van der Waals surface area contributed by atoms with Crippen LogP contribution in [0.25, 0.3) is 0 Å². The normalized spacial score (nSPS) is 10.9. The molecule has 1 aromatic carbocycles. The topological polar surface area (TPSA) is 29.9 Å². The van der Waals surface area contributed by atoms with Gasteiger partial charge in [-0.2, -0.15) is 5.10 Å². The molecule has 0 amide bonds. The van der Waals surface area contributed by atoms with Gasteiger partial charge in [0.25, 0.3) is 0 Å². The van der Waals surface area contributed by atoms with E-state index in [1.807, 2.05) is 25.6 Å². The number of hydrogen-bond donors (Lipinski definition) is 1. The van der Waals surface area contributed by atoms with Gasteiger partial charge < -0.3 is 5.32 Å². The minimum Gasteiger partial charge on any atom is -0.319 e. The molecule has 0 aliphatic heterocycles. The molecule has 0 bridgehead atoms. The van der Waals surface area contributed by atoms with Gasteiger partial charge in [0.2, 0.25) is 0 Å². The fourth-order valence-electron chi connectivity index (χ4n) is 2.21. The molecule has 4 heteroatoms. The lowest BCUT2D eigenvalue weighted by atomic mass is 10.0. The van der Waals surface area contributed by atoms with Crippen molar-refractivity contribution >= 4 is 11.6 Å². The smallest absolute Gasteiger partial charge is 0.0844 e. The zero-order valence-electron chi connectivity index (χ0n) is 11.7. The maximum Gasteiger partial charge on any atom is 0.0844 e. The number of benzene rings is 1. The first-order valence-corrected chi connectivity index (χ1v) is 6.92. The SMILES string of the molecule is CNCCc1ccccc1Cn1nc(C)c(Cl)c1C. The van der Waals surface area contributed by atoms with Crippen LogP contribution in [0, 0.1) is 13.8 Å². The average molecular weight is 278 g/mol. The number of likely N-dealkylation sites (N-methyl/N-ethyl adjacent to an activating group) is 1. The molecule has 1 N–H and O–H groups in total. The van der Waals surface area contributed by atoms with Crippen molar-refractivity contribution in [1.82, 2.24) is 15.1 Å². The molecule has 0 saturated carbocycles. The summed E-state index contributed by atoms with van der Waals surface area (Å²) in [4.78, 5) is 0. The standard InChI is InChI=1S/C15H20ClN3/c1-11-15(16)12(2)19(18-11)10-14-7-5-4-6-13(14)8-9-17-3/h4-7,17H,8-10H2,1-3H3. The highest BCUT2D eigenvalue weighted by atomic mass is 35.5. The van der Waals surface area contributed by atoms with Crippen LogP contribution >= 0.6 is 11.6 Å². The van der Waals surface area contributed by atoms with Crippen LogP contribution in [-0.2, 0) is 13.0 Å². The van der Waals surface area contributed by atoms with Crippen molar-refractivity contribution in [2.75, 3.05) is 13.6 Å². The van der Waals surface area contributed by atoms with Gasteiger partial charge in [0.15, 0.2) is 0 Å². The fourth-order valence-corrected chi connectivity index (χ4v) is 2.34. The summed E-state index contributed by atoms with van der Waals surface area (Å²) in [5.74, 6) is 0. The second-order valence-corrected chi connectivity index (χ2v) is 5.14. The van der Waals surface area contributed by atoms with Gasteiger partial charge in [-0.15, -0.1) is 0 Å². The monoisotopic (exact) mass is 277 g/mol. The fraction of sp³-hybridized carbons (Fsp3) is 0.400. The second-order valence-electron chi connectivity index (χ2n) is 4.76. The Morgan fingerprint density at radius 2 is 1.89 bits per heavy atom. The molecule has 0 aliphatic carbocycles. The summed E-state index contributed by atoms with van der Waals surface area (Å²) in [6, 6.07) is 8.50. The lowest BCUT2D eigenvalue weighted by molar-refractivity contribution is 0.652. The van der Waals surface area contributed by atoms with E-state index >= 15 is 0 Å². The number of halogens is 1.